The Bertz CT molecular complexity index is 665. The molecule has 1 saturated heterocycles. The molecule has 154 valence electrons. The van der Waals surface area contributed by atoms with Crippen molar-refractivity contribution in [3.05, 3.63) is 29.8 Å². The molecule has 0 aromatic heterocycles. The van der Waals surface area contributed by atoms with E-state index >= 15 is 0 Å². The summed E-state index contributed by atoms with van der Waals surface area (Å²) in [7, 11) is 1.64. The lowest BCUT2D eigenvalue weighted by molar-refractivity contribution is -0.140. The van der Waals surface area contributed by atoms with Crippen LogP contribution >= 0.6 is 0 Å². The van der Waals surface area contributed by atoms with Gasteiger partial charge in [-0.1, -0.05) is 45.2 Å². The minimum absolute atomic E-state index is 0.0370. The molecule has 1 heterocycles. The zero-order valence-electron chi connectivity index (χ0n) is 17.4. The third-order valence-corrected chi connectivity index (χ3v) is 6.20. The van der Waals surface area contributed by atoms with Crippen LogP contribution in [0.2, 0.25) is 0 Å². The van der Waals surface area contributed by atoms with Crippen LogP contribution in [0.4, 0.5) is 0 Å². The van der Waals surface area contributed by atoms with Gasteiger partial charge in [0.1, 0.15) is 11.8 Å². The zero-order chi connectivity index (χ0) is 20.1. The number of hydrogen-bond acceptors (Lipinski definition) is 3. The summed E-state index contributed by atoms with van der Waals surface area (Å²) in [4.78, 5) is 28.2. The van der Waals surface area contributed by atoms with Gasteiger partial charge < -0.3 is 15.0 Å². The molecule has 2 amide bonds. The first-order chi connectivity index (χ1) is 13.5. The summed E-state index contributed by atoms with van der Waals surface area (Å²) in [5.41, 5.74) is 0.985. The summed E-state index contributed by atoms with van der Waals surface area (Å²) in [5, 5.41) is 3.22. The molecule has 2 fully saturated rings. The highest BCUT2D eigenvalue weighted by molar-refractivity contribution is 5.91. The van der Waals surface area contributed by atoms with Crippen molar-refractivity contribution in [2.45, 2.75) is 76.8 Å². The van der Waals surface area contributed by atoms with Crippen molar-refractivity contribution >= 4 is 11.8 Å². The van der Waals surface area contributed by atoms with Crippen LogP contribution in [0.15, 0.2) is 24.3 Å². The first kappa shape index (κ1) is 20.7. The largest absolute Gasteiger partial charge is 0.497 e. The highest BCUT2D eigenvalue weighted by Gasteiger charge is 2.39. The lowest BCUT2D eigenvalue weighted by Gasteiger charge is -2.32. The number of nitrogens with zero attached hydrogens (tertiary/aromatic N) is 1. The second-order valence-corrected chi connectivity index (χ2v) is 8.53. The van der Waals surface area contributed by atoms with Crippen molar-refractivity contribution in [1.82, 2.24) is 10.2 Å². The van der Waals surface area contributed by atoms with Crippen molar-refractivity contribution < 1.29 is 14.3 Å². The molecule has 2 atom stereocenters. The molecule has 0 spiro atoms. The molecular weight excluding hydrogens is 352 g/mol. The van der Waals surface area contributed by atoms with Crippen LogP contribution in [0.3, 0.4) is 0 Å². The SMILES string of the molecule is COc1ccc(C(C(=O)N2CCC[C@@H]2C(=O)NC2CCCCC2)C(C)C)cc1. The monoisotopic (exact) mass is 386 g/mol. The van der Waals surface area contributed by atoms with Gasteiger partial charge in [-0.15, -0.1) is 0 Å². The molecule has 5 nitrogen and oxygen atoms in total. The molecule has 2 aliphatic rings. The molecule has 1 aliphatic heterocycles. The minimum atomic E-state index is -0.325. The summed E-state index contributed by atoms with van der Waals surface area (Å²) < 4.78 is 5.24. The third kappa shape index (κ3) is 4.68. The summed E-state index contributed by atoms with van der Waals surface area (Å²) in [6.07, 6.45) is 7.41. The average Bonchev–Trinajstić information content (AvgIpc) is 3.19. The molecule has 0 bridgehead atoms. The van der Waals surface area contributed by atoms with E-state index in [0.717, 1.165) is 37.0 Å². The van der Waals surface area contributed by atoms with E-state index in [1.165, 1.54) is 19.3 Å². The fourth-order valence-corrected chi connectivity index (χ4v) is 4.65. The number of amides is 2. The number of carbonyl (C=O) groups excluding carboxylic acids is 2. The molecule has 1 saturated carbocycles. The smallest absolute Gasteiger partial charge is 0.243 e. The van der Waals surface area contributed by atoms with E-state index < -0.39 is 0 Å². The summed E-state index contributed by atoms with van der Waals surface area (Å²) in [6.45, 7) is 4.81. The second-order valence-electron chi connectivity index (χ2n) is 8.53. The van der Waals surface area contributed by atoms with Gasteiger partial charge in [0, 0.05) is 12.6 Å². The van der Waals surface area contributed by atoms with E-state index in [1.54, 1.807) is 7.11 Å². The lowest BCUT2D eigenvalue weighted by atomic mass is 9.87. The molecule has 1 aromatic carbocycles. The molecule has 5 heteroatoms. The number of methoxy groups -OCH3 is 1. The Labute approximate surface area is 168 Å². The van der Waals surface area contributed by atoms with Crippen molar-refractivity contribution in [2.75, 3.05) is 13.7 Å². The molecule has 1 aromatic rings. The maximum absolute atomic E-state index is 13.5. The maximum Gasteiger partial charge on any atom is 0.243 e. The molecule has 28 heavy (non-hydrogen) atoms. The van der Waals surface area contributed by atoms with E-state index in [0.29, 0.717) is 6.54 Å². The van der Waals surface area contributed by atoms with E-state index in [9.17, 15) is 9.59 Å². The molecular formula is C23H34N2O3. The first-order valence-corrected chi connectivity index (χ1v) is 10.8. The van der Waals surface area contributed by atoms with Gasteiger partial charge in [0.05, 0.1) is 13.0 Å². The van der Waals surface area contributed by atoms with Crippen molar-refractivity contribution in [2.24, 2.45) is 5.92 Å². The van der Waals surface area contributed by atoms with Gasteiger partial charge in [-0.2, -0.15) is 0 Å². The van der Waals surface area contributed by atoms with E-state index in [-0.39, 0.29) is 35.7 Å². The Kier molecular flexibility index (Phi) is 6.97. The number of rotatable bonds is 6. The van der Waals surface area contributed by atoms with Gasteiger partial charge in [0.25, 0.3) is 0 Å². The molecule has 3 rings (SSSR count). The van der Waals surface area contributed by atoms with Crippen molar-refractivity contribution in [3.8, 4) is 5.75 Å². The number of nitrogens with one attached hydrogen (secondary N) is 1. The Morgan fingerprint density at radius 2 is 1.71 bits per heavy atom. The third-order valence-electron chi connectivity index (χ3n) is 6.20. The number of likely N-dealkylation sites (tertiary alicyclic amines) is 1. The van der Waals surface area contributed by atoms with Crippen LogP contribution < -0.4 is 10.1 Å². The zero-order valence-corrected chi connectivity index (χ0v) is 17.4. The Hall–Kier alpha value is -2.04. The maximum atomic E-state index is 13.5. The summed E-state index contributed by atoms with van der Waals surface area (Å²) in [6, 6.07) is 7.68. The van der Waals surface area contributed by atoms with E-state index in [2.05, 4.69) is 19.2 Å². The second kappa shape index (κ2) is 9.44. The number of benzene rings is 1. The number of ether oxygens (including phenoxy) is 1. The highest BCUT2D eigenvalue weighted by Crippen LogP contribution is 2.31. The fourth-order valence-electron chi connectivity index (χ4n) is 4.65. The lowest BCUT2D eigenvalue weighted by Crippen LogP contribution is -2.50. The van der Waals surface area contributed by atoms with Gasteiger partial charge in [0.2, 0.25) is 11.8 Å². The topological polar surface area (TPSA) is 58.6 Å². The van der Waals surface area contributed by atoms with Crippen LogP contribution in [0.25, 0.3) is 0 Å². The van der Waals surface area contributed by atoms with Gasteiger partial charge in [-0.05, 0) is 49.3 Å². The van der Waals surface area contributed by atoms with Crippen LogP contribution in [-0.2, 0) is 9.59 Å². The van der Waals surface area contributed by atoms with Crippen LogP contribution in [-0.4, -0.2) is 42.5 Å². The van der Waals surface area contributed by atoms with Crippen molar-refractivity contribution in [1.29, 1.82) is 0 Å². The van der Waals surface area contributed by atoms with Crippen LogP contribution in [0.5, 0.6) is 5.75 Å². The standard InChI is InChI=1S/C23H34N2O3/c1-16(2)21(17-11-13-19(28-3)14-12-17)23(27)25-15-7-10-20(25)22(26)24-18-8-5-4-6-9-18/h11-14,16,18,20-21H,4-10,15H2,1-3H3,(H,24,26)/t20-,21?/m1/s1. The van der Waals surface area contributed by atoms with E-state index in [4.69, 9.17) is 4.74 Å². The Balaban J connectivity index is 1.72. The Morgan fingerprint density at radius 3 is 2.32 bits per heavy atom. The van der Waals surface area contributed by atoms with E-state index in [1.807, 2.05) is 29.2 Å². The van der Waals surface area contributed by atoms with Crippen molar-refractivity contribution in [3.63, 3.8) is 0 Å². The molecule has 1 aliphatic carbocycles. The predicted molar refractivity (Wildman–Crippen MR) is 110 cm³/mol. The minimum Gasteiger partial charge on any atom is -0.497 e. The molecule has 0 radical (unpaired) electrons. The molecule has 1 unspecified atom stereocenters. The average molecular weight is 387 g/mol. The quantitative estimate of drug-likeness (QED) is 0.807. The molecule has 1 N–H and O–H groups in total. The van der Waals surface area contributed by atoms with Gasteiger partial charge >= 0.3 is 0 Å². The summed E-state index contributed by atoms with van der Waals surface area (Å²) >= 11 is 0. The van der Waals surface area contributed by atoms with Gasteiger partial charge in [-0.25, -0.2) is 0 Å². The summed E-state index contributed by atoms with van der Waals surface area (Å²) in [5.74, 6) is 0.804. The number of hydrogen-bond donors (Lipinski definition) is 1. The van der Waals surface area contributed by atoms with Crippen LogP contribution in [0.1, 0.15) is 70.3 Å². The Morgan fingerprint density at radius 1 is 1.04 bits per heavy atom. The normalized spacial score (nSPS) is 21.6. The number of carbonyl (C=O) groups is 2. The first-order valence-electron chi connectivity index (χ1n) is 10.8. The van der Waals surface area contributed by atoms with Crippen LogP contribution in [0, 0.1) is 5.92 Å². The van der Waals surface area contributed by atoms with Gasteiger partial charge in [0.15, 0.2) is 0 Å². The predicted octanol–water partition coefficient (Wildman–Crippen LogP) is 3.87. The highest BCUT2D eigenvalue weighted by atomic mass is 16.5. The fraction of sp³-hybridized carbons (Fsp3) is 0.652. The van der Waals surface area contributed by atoms with Gasteiger partial charge in [-0.3, -0.25) is 9.59 Å².